The molecule has 0 unspecified atom stereocenters. The first-order chi connectivity index (χ1) is 16.7. The minimum Gasteiger partial charge on any atom is -0.381 e. The van der Waals surface area contributed by atoms with Gasteiger partial charge >= 0.3 is 0 Å². The summed E-state index contributed by atoms with van der Waals surface area (Å²) in [5.41, 5.74) is 3.48. The van der Waals surface area contributed by atoms with Gasteiger partial charge in [-0.1, -0.05) is 17.4 Å². The molecule has 34 heavy (non-hydrogen) atoms. The maximum Gasteiger partial charge on any atom is 0.196 e. The lowest BCUT2D eigenvalue weighted by molar-refractivity contribution is 0.0849. The molecule has 0 bridgehead atoms. The highest BCUT2D eigenvalue weighted by Gasteiger charge is 2.22. The van der Waals surface area contributed by atoms with Gasteiger partial charge in [0.15, 0.2) is 5.13 Å². The highest BCUT2D eigenvalue weighted by Crippen LogP contribution is 2.32. The number of thiazole rings is 1. The molecule has 0 saturated carbocycles. The van der Waals surface area contributed by atoms with Gasteiger partial charge in [-0.25, -0.2) is 19.9 Å². The summed E-state index contributed by atoms with van der Waals surface area (Å²) in [6.45, 7) is 6.89. The first-order valence-electron chi connectivity index (χ1n) is 12.1. The number of aryl methyl sites for hydroxylation is 1. The molecule has 2 fully saturated rings. The number of hydrogen-bond donors (Lipinski definition) is 1. The van der Waals surface area contributed by atoms with Crippen molar-refractivity contribution in [3.8, 4) is 5.13 Å². The molecule has 6 rings (SSSR count). The number of aromatic nitrogens is 5. The van der Waals surface area contributed by atoms with Gasteiger partial charge in [-0.3, -0.25) is 9.47 Å². The van der Waals surface area contributed by atoms with E-state index in [4.69, 9.17) is 14.7 Å². The Hall–Kier alpha value is -2.88. The van der Waals surface area contributed by atoms with Crippen LogP contribution in [0.2, 0.25) is 0 Å². The van der Waals surface area contributed by atoms with Crippen molar-refractivity contribution in [1.82, 2.24) is 29.4 Å². The molecule has 0 aromatic carbocycles. The van der Waals surface area contributed by atoms with E-state index in [0.29, 0.717) is 5.92 Å². The van der Waals surface area contributed by atoms with Crippen molar-refractivity contribution in [2.75, 3.05) is 31.6 Å². The van der Waals surface area contributed by atoms with Crippen molar-refractivity contribution in [2.45, 2.75) is 45.1 Å². The van der Waals surface area contributed by atoms with Gasteiger partial charge in [0.1, 0.15) is 17.5 Å². The first kappa shape index (κ1) is 21.6. The molecule has 176 valence electrons. The lowest BCUT2D eigenvalue weighted by Crippen LogP contribution is -2.22. The van der Waals surface area contributed by atoms with Crippen LogP contribution in [0.15, 0.2) is 36.8 Å². The molecule has 2 aliphatic rings. The zero-order valence-electron chi connectivity index (χ0n) is 19.4. The average molecular weight is 476 g/mol. The fourth-order valence-electron chi connectivity index (χ4n) is 4.95. The van der Waals surface area contributed by atoms with Crippen LogP contribution in [0.4, 0.5) is 11.6 Å². The second-order valence-electron chi connectivity index (χ2n) is 9.11. The van der Waals surface area contributed by atoms with Gasteiger partial charge in [-0.15, -0.1) is 0 Å². The zero-order chi connectivity index (χ0) is 22.9. The van der Waals surface area contributed by atoms with E-state index in [2.05, 4.69) is 32.3 Å². The summed E-state index contributed by atoms with van der Waals surface area (Å²) in [6.07, 6.45) is 10.3. The smallest absolute Gasteiger partial charge is 0.196 e. The maximum atomic E-state index is 5.60. The fraction of sp³-hybridized carbons (Fsp3) is 0.440. The van der Waals surface area contributed by atoms with Crippen molar-refractivity contribution >= 4 is 33.2 Å². The molecule has 0 aliphatic carbocycles. The summed E-state index contributed by atoms with van der Waals surface area (Å²) in [4.78, 5) is 21.3. The number of rotatable bonds is 6. The molecule has 4 aromatic heterocycles. The standard InChI is InChI=1S/C25H29N7OS/c1-17-26-8-11-32(17)25-29-20-14-24(27-15-22(20)34-25)30-23-5-4-19(18-6-12-33-13-7-18)21(28-23)16-31-9-2-3-10-31/h4-5,8,11,14-15,18H,2-3,6-7,9-10,12-13,16H2,1H3,(H,27,28,30). The molecule has 2 saturated heterocycles. The fourth-order valence-corrected chi connectivity index (χ4v) is 5.89. The summed E-state index contributed by atoms with van der Waals surface area (Å²) in [5.74, 6) is 3.04. The number of hydrogen-bond acceptors (Lipinski definition) is 8. The number of anilines is 2. The highest BCUT2D eigenvalue weighted by atomic mass is 32.1. The van der Waals surface area contributed by atoms with Crippen LogP contribution in [-0.4, -0.2) is 55.7 Å². The van der Waals surface area contributed by atoms with Crippen LogP contribution < -0.4 is 5.32 Å². The number of ether oxygens (including phenoxy) is 1. The van der Waals surface area contributed by atoms with E-state index in [0.717, 1.165) is 78.5 Å². The normalized spacial score (nSPS) is 17.6. The van der Waals surface area contributed by atoms with Gasteiger partial charge in [0.05, 0.1) is 15.9 Å². The van der Waals surface area contributed by atoms with Crippen LogP contribution in [0.1, 0.15) is 48.7 Å². The van der Waals surface area contributed by atoms with Crippen LogP contribution in [0.3, 0.4) is 0 Å². The van der Waals surface area contributed by atoms with Crippen LogP contribution in [-0.2, 0) is 11.3 Å². The van der Waals surface area contributed by atoms with E-state index < -0.39 is 0 Å². The summed E-state index contributed by atoms with van der Waals surface area (Å²) in [7, 11) is 0. The van der Waals surface area contributed by atoms with Crippen molar-refractivity contribution in [3.05, 3.63) is 53.9 Å². The number of pyridine rings is 2. The van der Waals surface area contributed by atoms with E-state index in [1.165, 1.54) is 24.1 Å². The Balaban J connectivity index is 1.27. The number of fused-ring (bicyclic) bond motifs is 1. The number of nitrogens with one attached hydrogen (secondary N) is 1. The number of imidazole rings is 1. The van der Waals surface area contributed by atoms with E-state index >= 15 is 0 Å². The van der Waals surface area contributed by atoms with E-state index in [1.807, 2.05) is 30.0 Å². The maximum absolute atomic E-state index is 5.60. The summed E-state index contributed by atoms with van der Waals surface area (Å²) in [6, 6.07) is 6.35. The van der Waals surface area contributed by atoms with Gasteiger partial charge in [0.2, 0.25) is 0 Å². The highest BCUT2D eigenvalue weighted by molar-refractivity contribution is 7.20. The molecule has 2 aliphatic heterocycles. The van der Waals surface area contributed by atoms with Crippen molar-refractivity contribution in [2.24, 2.45) is 0 Å². The topological polar surface area (TPSA) is 81.0 Å². The Bertz CT molecular complexity index is 1290. The Morgan fingerprint density at radius 2 is 1.94 bits per heavy atom. The van der Waals surface area contributed by atoms with Gasteiger partial charge < -0.3 is 10.1 Å². The molecule has 0 amide bonds. The van der Waals surface area contributed by atoms with Crippen LogP contribution in [0.5, 0.6) is 0 Å². The molecule has 0 spiro atoms. The monoisotopic (exact) mass is 475 g/mol. The van der Waals surface area contributed by atoms with E-state index in [1.54, 1.807) is 17.5 Å². The van der Waals surface area contributed by atoms with E-state index in [9.17, 15) is 0 Å². The van der Waals surface area contributed by atoms with Gasteiger partial charge in [0.25, 0.3) is 0 Å². The number of likely N-dealkylation sites (tertiary alicyclic amines) is 1. The first-order valence-corrected chi connectivity index (χ1v) is 12.9. The second-order valence-corrected chi connectivity index (χ2v) is 10.1. The average Bonchev–Trinajstić information content (AvgIpc) is 3.61. The lowest BCUT2D eigenvalue weighted by atomic mass is 9.90. The minimum absolute atomic E-state index is 0.530. The Labute approximate surface area is 203 Å². The van der Waals surface area contributed by atoms with Gasteiger partial charge in [-0.2, -0.15) is 0 Å². The third-order valence-corrected chi connectivity index (χ3v) is 7.80. The molecule has 1 N–H and O–H groups in total. The lowest BCUT2D eigenvalue weighted by Gasteiger charge is -2.26. The zero-order valence-corrected chi connectivity index (χ0v) is 20.2. The largest absolute Gasteiger partial charge is 0.381 e. The van der Waals surface area contributed by atoms with Crippen molar-refractivity contribution in [3.63, 3.8) is 0 Å². The minimum atomic E-state index is 0.530. The van der Waals surface area contributed by atoms with Gasteiger partial charge in [-0.05, 0) is 63.2 Å². The molecule has 4 aromatic rings. The molecule has 8 nitrogen and oxygen atoms in total. The summed E-state index contributed by atoms with van der Waals surface area (Å²) in [5, 5.41) is 4.33. The van der Waals surface area contributed by atoms with Crippen LogP contribution in [0, 0.1) is 6.92 Å². The molecule has 6 heterocycles. The molecule has 0 radical (unpaired) electrons. The third-order valence-electron chi connectivity index (χ3n) is 6.79. The van der Waals surface area contributed by atoms with Crippen molar-refractivity contribution < 1.29 is 4.74 Å². The second kappa shape index (κ2) is 9.40. The quantitative estimate of drug-likeness (QED) is 0.428. The predicted molar refractivity (Wildman–Crippen MR) is 134 cm³/mol. The number of nitrogens with zero attached hydrogens (tertiary/aromatic N) is 6. The molecular weight excluding hydrogens is 446 g/mol. The Kier molecular flexibility index (Phi) is 5.98. The summed E-state index contributed by atoms with van der Waals surface area (Å²) >= 11 is 1.61. The Morgan fingerprint density at radius 1 is 1.09 bits per heavy atom. The molecule has 9 heteroatoms. The SMILES string of the molecule is Cc1nccn1-c1nc2cc(Nc3ccc(C4CCOCC4)c(CN4CCCC4)n3)ncc2s1. The van der Waals surface area contributed by atoms with E-state index in [-0.39, 0.29) is 0 Å². The summed E-state index contributed by atoms with van der Waals surface area (Å²) < 4.78 is 8.65. The van der Waals surface area contributed by atoms with Crippen LogP contribution >= 0.6 is 11.3 Å². The van der Waals surface area contributed by atoms with Crippen LogP contribution in [0.25, 0.3) is 15.3 Å². The predicted octanol–water partition coefficient (Wildman–Crippen LogP) is 4.81. The van der Waals surface area contributed by atoms with Crippen molar-refractivity contribution in [1.29, 1.82) is 0 Å². The third kappa shape index (κ3) is 4.43. The Morgan fingerprint density at radius 3 is 2.74 bits per heavy atom. The van der Waals surface area contributed by atoms with Gasteiger partial charge in [0, 0.05) is 44.4 Å². The molecular formula is C25H29N7OS. The molecule has 0 atom stereocenters.